The molecule has 218 valence electrons. The Balaban J connectivity index is 3.20. The van der Waals surface area contributed by atoms with E-state index in [0.717, 1.165) is 43.4 Å². The van der Waals surface area contributed by atoms with Gasteiger partial charge in [-0.25, -0.2) is 9.79 Å². The van der Waals surface area contributed by atoms with Crippen LogP contribution in [0.4, 0.5) is 4.79 Å². The fraction of sp³-hybridized carbons (Fsp3) is 0.842. The molecule has 0 bridgehead atoms. The standard InChI is InChI=1S/C19H37N3O7S8/c1-30-12-21-11-27-26-5-9-34-18-37-17-33-8-4-25-19(24)22-3-7-32-16-36-15-31-6-2-20-10-28-29-14-35-13-23/h10-11,23H,2-9,12-18H2,1H3,(H,22,24)/b20-10?,21-11-. The highest BCUT2D eigenvalue weighted by Gasteiger charge is 2.01. The van der Waals surface area contributed by atoms with Gasteiger partial charge in [-0.2, -0.15) is 9.78 Å². The molecule has 0 heterocycles. The van der Waals surface area contributed by atoms with E-state index < -0.39 is 0 Å². The monoisotopic (exact) mass is 675 g/mol. The largest absolute Gasteiger partial charge is 0.449 e. The number of ether oxygens (including phenoxy) is 1. The van der Waals surface area contributed by atoms with Crippen LogP contribution < -0.4 is 5.32 Å². The van der Waals surface area contributed by atoms with Gasteiger partial charge >= 0.3 is 6.09 Å². The number of carbonyl (C=O) groups is 1. The van der Waals surface area contributed by atoms with Crippen molar-refractivity contribution in [2.24, 2.45) is 9.98 Å². The lowest BCUT2D eigenvalue weighted by molar-refractivity contribution is -0.210. The van der Waals surface area contributed by atoms with Gasteiger partial charge in [0.05, 0.1) is 18.4 Å². The van der Waals surface area contributed by atoms with Gasteiger partial charge in [0.15, 0.2) is 0 Å². The maximum Gasteiger partial charge on any atom is 0.407 e. The normalized spacial score (nSPS) is 11.4. The Morgan fingerprint density at radius 1 is 0.811 bits per heavy atom. The smallest absolute Gasteiger partial charge is 0.407 e. The Bertz CT molecular complexity index is 546. The molecule has 1 amide bonds. The maximum absolute atomic E-state index is 11.7. The molecule has 2 N–H and O–H groups in total. The molecule has 0 aliphatic heterocycles. The highest BCUT2D eigenvalue weighted by Crippen LogP contribution is 2.18. The predicted molar refractivity (Wildman–Crippen MR) is 173 cm³/mol. The lowest BCUT2D eigenvalue weighted by atomic mass is 10.7. The molecular weight excluding hydrogens is 639 g/mol. The third kappa shape index (κ3) is 34.9. The minimum absolute atomic E-state index is 0.00102. The van der Waals surface area contributed by atoms with E-state index >= 15 is 0 Å². The van der Waals surface area contributed by atoms with Crippen molar-refractivity contribution in [3.8, 4) is 0 Å². The molecule has 10 nitrogen and oxygen atoms in total. The SMILES string of the molecule is CSC/N=C\OOCCSCSCSCCOC(=O)NCCSCSCSCCN=COOCSCO. The van der Waals surface area contributed by atoms with Gasteiger partial charge in [0.2, 0.25) is 12.8 Å². The van der Waals surface area contributed by atoms with Crippen LogP contribution in [0.3, 0.4) is 0 Å². The first-order chi connectivity index (χ1) is 18.3. The van der Waals surface area contributed by atoms with E-state index in [-0.39, 0.29) is 18.0 Å². The van der Waals surface area contributed by atoms with Gasteiger partial charge in [0.25, 0.3) is 0 Å². The summed E-state index contributed by atoms with van der Waals surface area (Å²) in [4.78, 5) is 38.9. The van der Waals surface area contributed by atoms with E-state index in [1.807, 2.05) is 41.5 Å². The number of nitrogens with zero attached hydrogens (tertiary/aromatic N) is 2. The minimum atomic E-state index is -0.351. The van der Waals surface area contributed by atoms with Crippen molar-refractivity contribution in [2.75, 3.05) is 93.7 Å². The van der Waals surface area contributed by atoms with Gasteiger partial charge < -0.3 is 24.9 Å². The van der Waals surface area contributed by atoms with Crippen LogP contribution in [0.1, 0.15) is 0 Å². The fourth-order valence-corrected chi connectivity index (χ4v) is 8.46. The number of alkyl carbamates (subject to hydrolysis) is 1. The summed E-state index contributed by atoms with van der Waals surface area (Å²) in [5.41, 5.74) is 0. The van der Waals surface area contributed by atoms with Gasteiger partial charge in [-0.15, -0.1) is 94.1 Å². The van der Waals surface area contributed by atoms with Crippen LogP contribution >= 0.6 is 94.1 Å². The van der Waals surface area contributed by atoms with Crippen LogP contribution in [0.2, 0.25) is 0 Å². The number of hydrogen-bond donors (Lipinski definition) is 2. The van der Waals surface area contributed by atoms with Gasteiger partial charge in [-0.3, -0.25) is 4.99 Å². The van der Waals surface area contributed by atoms with Crippen LogP contribution in [-0.4, -0.2) is 118 Å². The molecule has 0 saturated heterocycles. The summed E-state index contributed by atoms with van der Waals surface area (Å²) in [5, 5.41) is 15.3. The number of carbonyl (C=O) groups excluding carboxylic acids is 1. The molecule has 0 aromatic rings. The molecule has 0 radical (unpaired) electrons. The van der Waals surface area contributed by atoms with E-state index in [1.54, 1.807) is 47.0 Å². The quantitative estimate of drug-likeness (QED) is 0.0280. The van der Waals surface area contributed by atoms with Gasteiger partial charge in [0, 0.05) is 49.9 Å². The Kier molecular flexibility index (Phi) is 35.8. The molecule has 0 aromatic heterocycles. The summed E-state index contributed by atoms with van der Waals surface area (Å²) < 4.78 is 5.19. The van der Waals surface area contributed by atoms with Gasteiger partial charge in [-0.05, 0) is 6.26 Å². The Morgan fingerprint density at radius 3 is 2.19 bits per heavy atom. The van der Waals surface area contributed by atoms with E-state index in [1.165, 1.54) is 24.6 Å². The van der Waals surface area contributed by atoms with Crippen molar-refractivity contribution in [1.82, 2.24) is 5.32 Å². The molecule has 0 rings (SSSR count). The number of amides is 1. The lowest BCUT2D eigenvalue weighted by Gasteiger charge is -2.07. The van der Waals surface area contributed by atoms with Crippen LogP contribution in [0.15, 0.2) is 9.98 Å². The maximum atomic E-state index is 11.7. The summed E-state index contributed by atoms with van der Waals surface area (Å²) in [6.45, 7) is 2.21. The van der Waals surface area contributed by atoms with Gasteiger partial charge in [0.1, 0.15) is 19.2 Å². The number of aliphatic hydroxyl groups excluding tert-OH is 1. The number of thioether (sulfide) groups is 8. The average molecular weight is 676 g/mol. The van der Waals surface area contributed by atoms with Gasteiger partial charge in [-0.1, -0.05) is 0 Å². The Labute approximate surface area is 254 Å². The van der Waals surface area contributed by atoms with Crippen LogP contribution in [0.25, 0.3) is 0 Å². The molecule has 0 atom stereocenters. The summed E-state index contributed by atoms with van der Waals surface area (Å²) in [6, 6.07) is 0. The highest BCUT2D eigenvalue weighted by molar-refractivity contribution is 8.23. The fourth-order valence-electron chi connectivity index (χ4n) is 1.65. The third-order valence-electron chi connectivity index (χ3n) is 3.12. The zero-order valence-corrected chi connectivity index (χ0v) is 27.4. The van der Waals surface area contributed by atoms with Crippen molar-refractivity contribution in [3.05, 3.63) is 0 Å². The van der Waals surface area contributed by atoms with Crippen LogP contribution in [0.5, 0.6) is 0 Å². The Hall–Kier alpha value is 0.890. The van der Waals surface area contributed by atoms with E-state index in [2.05, 4.69) is 15.3 Å². The second kappa shape index (κ2) is 34.9. The van der Waals surface area contributed by atoms with Crippen molar-refractivity contribution < 1.29 is 34.2 Å². The zero-order chi connectivity index (χ0) is 26.9. The molecule has 0 spiro atoms. The molecule has 0 fully saturated rings. The number of aliphatic imine (C=N–C) groups is 2. The molecule has 0 saturated carbocycles. The molecule has 37 heavy (non-hydrogen) atoms. The topological polar surface area (TPSA) is 120 Å². The second-order valence-corrected chi connectivity index (χ2v) is 15.5. The lowest BCUT2D eigenvalue weighted by Crippen LogP contribution is -2.27. The predicted octanol–water partition coefficient (Wildman–Crippen LogP) is 4.86. The summed E-state index contributed by atoms with van der Waals surface area (Å²) in [5.74, 6) is 4.36. The minimum Gasteiger partial charge on any atom is -0.449 e. The third-order valence-corrected chi connectivity index (χ3v) is 11.2. The molecule has 0 unspecified atom stereocenters. The molecule has 0 aromatic carbocycles. The molecule has 18 heteroatoms. The van der Waals surface area contributed by atoms with Crippen molar-refractivity contribution >= 4 is 113 Å². The molecule has 0 aliphatic carbocycles. The van der Waals surface area contributed by atoms with Crippen LogP contribution in [-0.2, 0) is 24.3 Å². The van der Waals surface area contributed by atoms with Crippen molar-refractivity contribution in [2.45, 2.75) is 0 Å². The second-order valence-electron chi connectivity index (χ2n) is 5.88. The first kappa shape index (κ1) is 37.9. The van der Waals surface area contributed by atoms with Crippen molar-refractivity contribution in [3.63, 3.8) is 0 Å². The van der Waals surface area contributed by atoms with E-state index in [4.69, 9.17) is 29.4 Å². The first-order valence-electron chi connectivity index (χ1n) is 10.9. The number of rotatable bonds is 29. The Morgan fingerprint density at radius 2 is 1.46 bits per heavy atom. The number of hydrogen-bond acceptors (Lipinski definition) is 17. The highest BCUT2D eigenvalue weighted by atomic mass is 32.2. The number of aliphatic hydroxyl groups is 1. The summed E-state index contributed by atoms with van der Waals surface area (Å²) in [7, 11) is 0. The average Bonchev–Trinajstić information content (AvgIpc) is 2.90. The number of nitrogens with one attached hydrogen (secondary N) is 1. The van der Waals surface area contributed by atoms with Crippen LogP contribution in [0, 0.1) is 0 Å². The van der Waals surface area contributed by atoms with E-state index in [9.17, 15) is 4.79 Å². The molecular formula is C19H37N3O7S8. The molecule has 0 aliphatic rings. The van der Waals surface area contributed by atoms with Crippen molar-refractivity contribution in [1.29, 1.82) is 0 Å². The summed E-state index contributed by atoms with van der Waals surface area (Å²) in [6.07, 6.45) is 4.23. The zero-order valence-electron chi connectivity index (χ0n) is 20.8. The first-order valence-corrected chi connectivity index (χ1v) is 20.4. The summed E-state index contributed by atoms with van der Waals surface area (Å²) >= 11 is 13.7. The van der Waals surface area contributed by atoms with E-state index in [0.29, 0.717) is 32.2 Å².